The molecular formula is C14H16IN3OP+. The first-order valence-electron chi connectivity index (χ1n) is 6.40. The highest BCUT2D eigenvalue weighted by atomic mass is 127. The van der Waals surface area contributed by atoms with Crippen LogP contribution in [0, 0.1) is 0 Å². The van der Waals surface area contributed by atoms with Gasteiger partial charge in [0.2, 0.25) is 4.90 Å². The average molecular weight is 400 g/mol. The third-order valence-electron chi connectivity index (χ3n) is 3.29. The normalized spacial score (nSPS) is 11.9. The van der Waals surface area contributed by atoms with Crippen molar-refractivity contribution in [1.82, 2.24) is 14.5 Å². The van der Waals surface area contributed by atoms with Crippen molar-refractivity contribution in [2.45, 2.75) is 6.54 Å². The fourth-order valence-corrected chi connectivity index (χ4v) is 8.15. The SMILES string of the molecule is OCCn1cccc1[P+](I)(c1ccc[nH]1)c1ccc[nH]1. The van der Waals surface area contributed by atoms with Gasteiger partial charge in [0.25, 0.3) is 0 Å². The molecule has 3 rings (SSSR count). The van der Waals surface area contributed by atoms with Crippen molar-refractivity contribution in [1.29, 1.82) is 0 Å². The lowest BCUT2D eigenvalue weighted by atomic mass is 10.7. The van der Waals surface area contributed by atoms with E-state index in [9.17, 15) is 5.11 Å². The molecule has 3 heterocycles. The summed E-state index contributed by atoms with van der Waals surface area (Å²) in [5.74, 6) is 0. The van der Waals surface area contributed by atoms with E-state index in [1.165, 1.54) is 16.3 Å². The Kier molecular flexibility index (Phi) is 4.01. The molecule has 0 atom stereocenters. The van der Waals surface area contributed by atoms with Gasteiger partial charge in [-0.2, -0.15) is 0 Å². The minimum Gasteiger partial charge on any atom is -0.395 e. The zero-order chi connectivity index (χ0) is 14.0. The first-order chi connectivity index (χ1) is 9.76. The first kappa shape index (κ1) is 13.9. The third kappa shape index (κ3) is 2.24. The summed E-state index contributed by atoms with van der Waals surface area (Å²) in [7, 11) is 0. The van der Waals surface area contributed by atoms with Crippen LogP contribution < -0.4 is 16.3 Å². The molecule has 0 fully saturated rings. The molecule has 3 aromatic heterocycles. The fourth-order valence-electron chi connectivity index (χ4n) is 2.38. The van der Waals surface area contributed by atoms with Crippen LogP contribution in [0.25, 0.3) is 0 Å². The molecule has 0 amide bonds. The van der Waals surface area contributed by atoms with Gasteiger partial charge in [0.15, 0.2) is 38.3 Å². The molecule has 0 radical (unpaired) electrons. The molecule has 6 heteroatoms. The summed E-state index contributed by atoms with van der Waals surface area (Å²) < 4.78 is 2.14. The van der Waals surface area contributed by atoms with Gasteiger partial charge >= 0.3 is 0 Å². The molecule has 3 aromatic rings. The van der Waals surface area contributed by atoms with Crippen molar-refractivity contribution in [2.24, 2.45) is 0 Å². The van der Waals surface area contributed by atoms with E-state index >= 15 is 0 Å². The molecule has 4 nitrogen and oxygen atoms in total. The van der Waals surface area contributed by atoms with Crippen molar-refractivity contribution in [3.8, 4) is 0 Å². The molecule has 0 spiro atoms. The third-order valence-corrected chi connectivity index (χ3v) is 10.8. The number of hydrogen-bond acceptors (Lipinski definition) is 1. The van der Waals surface area contributed by atoms with Crippen molar-refractivity contribution in [3.05, 3.63) is 55.0 Å². The van der Waals surface area contributed by atoms with Gasteiger partial charge in [-0.05, 0) is 18.2 Å². The van der Waals surface area contributed by atoms with Crippen LogP contribution in [0.2, 0.25) is 0 Å². The van der Waals surface area contributed by atoms with Crippen molar-refractivity contribution >= 4 is 43.3 Å². The summed E-state index contributed by atoms with van der Waals surface area (Å²) in [5.41, 5.74) is 3.69. The minimum atomic E-state index is -1.74. The van der Waals surface area contributed by atoms with E-state index in [0.29, 0.717) is 6.54 Å². The summed E-state index contributed by atoms with van der Waals surface area (Å²) in [4.78, 5) is 5.00. The van der Waals surface area contributed by atoms with E-state index < -0.39 is 4.90 Å². The second-order valence-corrected chi connectivity index (χ2v) is 11.4. The number of aliphatic hydroxyl groups is 1. The molecule has 0 aromatic carbocycles. The van der Waals surface area contributed by atoms with Gasteiger partial charge in [-0.15, -0.1) is 0 Å². The number of H-pyrrole nitrogens is 2. The highest BCUT2D eigenvalue weighted by Gasteiger charge is 2.48. The van der Waals surface area contributed by atoms with Gasteiger partial charge in [-0.25, -0.2) is 0 Å². The fraction of sp³-hybridized carbons (Fsp3) is 0.143. The number of nitrogens with zero attached hydrogens (tertiary/aromatic N) is 1. The lowest BCUT2D eigenvalue weighted by molar-refractivity contribution is 0.277. The van der Waals surface area contributed by atoms with E-state index in [-0.39, 0.29) is 6.61 Å². The second kappa shape index (κ2) is 5.76. The van der Waals surface area contributed by atoms with Crippen LogP contribution in [-0.4, -0.2) is 26.2 Å². The van der Waals surface area contributed by atoms with E-state index in [1.807, 2.05) is 36.8 Å². The Bertz CT molecular complexity index is 626. The maximum absolute atomic E-state index is 9.26. The molecule has 20 heavy (non-hydrogen) atoms. The molecule has 0 saturated carbocycles. The highest BCUT2D eigenvalue weighted by Crippen LogP contribution is 2.62. The molecule has 0 aliphatic carbocycles. The molecule has 0 aliphatic heterocycles. The Balaban J connectivity index is 2.18. The number of aliphatic hydroxyl groups excluding tert-OH is 1. The van der Waals surface area contributed by atoms with Gasteiger partial charge in [0, 0.05) is 43.3 Å². The van der Waals surface area contributed by atoms with Crippen molar-refractivity contribution in [2.75, 3.05) is 6.61 Å². The van der Waals surface area contributed by atoms with Gasteiger partial charge in [-0.3, -0.25) is 0 Å². The number of halogens is 1. The average Bonchev–Trinajstić information content (AvgIpc) is 3.20. The molecule has 3 N–H and O–H groups in total. The molecule has 0 bridgehead atoms. The smallest absolute Gasteiger partial charge is 0.224 e. The quantitative estimate of drug-likeness (QED) is 0.444. The Labute approximate surface area is 131 Å². The Morgan fingerprint density at radius 3 is 2.20 bits per heavy atom. The van der Waals surface area contributed by atoms with Crippen LogP contribution in [0.4, 0.5) is 0 Å². The Morgan fingerprint density at radius 1 is 1.05 bits per heavy atom. The summed E-state index contributed by atoms with van der Waals surface area (Å²) in [5, 5.41) is 9.26. The summed E-state index contributed by atoms with van der Waals surface area (Å²) >= 11 is 2.57. The predicted molar refractivity (Wildman–Crippen MR) is 92.9 cm³/mol. The van der Waals surface area contributed by atoms with Crippen LogP contribution in [0.5, 0.6) is 0 Å². The lowest BCUT2D eigenvalue weighted by Gasteiger charge is -2.18. The number of nitrogens with one attached hydrogen (secondary N) is 2. The van der Waals surface area contributed by atoms with E-state index in [0.717, 1.165) is 0 Å². The maximum Gasteiger partial charge on any atom is 0.224 e. The van der Waals surface area contributed by atoms with Crippen LogP contribution in [-0.2, 0) is 6.54 Å². The highest BCUT2D eigenvalue weighted by molar-refractivity contribution is 14.2. The zero-order valence-electron chi connectivity index (χ0n) is 10.8. The van der Waals surface area contributed by atoms with Gasteiger partial charge < -0.3 is 19.6 Å². The van der Waals surface area contributed by atoms with Crippen LogP contribution in [0.1, 0.15) is 0 Å². The molecule has 104 valence electrons. The molecule has 0 saturated heterocycles. The van der Waals surface area contributed by atoms with Gasteiger partial charge in [0.1, 0.15) is 0 Å². The topological polar surface area (TPSA) is 56.7 Å². The number of rotatable bonds is 5. The minimum absolute atomic E-state index is 0.147. The molecule has 0 aliphatic rings. The van der Waals surface area contributed by atoms with Gasteiger partial charge in [0.05, 0.1) is 6.61 Å². The van der Waals surface area contributed by atoms with Crippen molar-refractivity contribution < 1.29 is 5.11 Å². The van der Waals surface area contributed by atoms with E-state index in [1.54, 1.807) is 0 Å². The van der Waals surface area contributed by atoms with Crippen molar-refractivity contribution in [3.63, 3.8) is 0 Å². The Morgan fingerprint density at radius 2 is 1.70 bits per heavy atom. The van der Waals surface area contributed by atoms with Gasteiger partial charge in [-0.1, -0.05) is 0 Å². The summed E-state index contributed by atoms with van der Waals surface area (Å²) in [6, 6.07) is 12.5. The van der Waals surface area contributed by atoms with Crippen LogP contribution >= 0.6 is 26.9 Å². The van der Waals surface area contributed by atoms with E-state index in [2.05, 4.69) is 54.8 Å². The summed E-state index contributed by atoms with van der Waals surface area (Å²) in [6.07, 6.45) is 5.96. The predicted octanol–water partition coefficient (Wildman–Crippen LogP) is 1.78. The molecule has 0 unspecified atom stereocenters. The first-order valence-corrected chi connectivity index (χ1v) is 11.0. The number of hydrogen-bond donors (Lipinski definition) is 3. The summed E-state index contributed by atoms with van der Waals surface area (Å²) in [6.45, 7) is 0.766. The van der Waals surface area contributed by atoms with Crippen LogP contribution in [0.15, 0.2) is 55.0 Å². The lowest BCUT2D eigenvalue weighted by Crippen LogP contribution is -2.32. The number of aromatic amines is 2. The number of aromatic nitrogens is 3. The van der Waals surface area contributed by atoms with Crippen LogP contribution in [0.3, 0.4) is 0 Å². The molecular weight excluding hydrogens is 384 g/mol. The Hall–Kier alpha value is -1.04. The largest absolute Gasteiger partial charge is 0.395 e. The standard InChI is InChI=1S/C14H16IN3OP/c15-20(12-4-1-7-16-12,13-5-2-8-17-13)14-6-3-9-18(14)10-11-19/h1-9,16-17,19H,10-11H2/q+1. The maximum atomic E-state index is 9.26. The monoisotopic (exact) mass is 400 g/mol. The zero-order valence-corrected chi connectivity index (χ0v) is 13.9. The van der Waals surface area contributed by atoms with E-state index in [4.69, 9.17) is 0 Å². The second-order valence-electron chi connectivity index (χ2n) is 4.48.